The first-order valence-corrected chi connectivity index (χ1v) is 6.78. The van der Waals surface area contributed by atoms with E-state index in [2.05, 4.69) is 26.2 Å². The Kier molecular flexibility index (Phi) is 4.54. The van der Waals surface area contributed by atoms with Crippen LogP contribution in [0.25, 0.3) is 0 Å². The van der Waals surface area contributed by atoms with Crippen LogP contribution in [-0.4, -0.2) is 27.7 Å². The fourth-order valence-corrected chi connectivity index (χ4v) is 1.58. The van der Waals surface area contributed by atoms with Crippen LogP contribution in [0.4, 0.5) is 5.82 Å². The molecule has 0 fully saturated rings. The molecule has 1 aromatic heterocycles. The van der Waals surface area contributed by atoms with Crippen molar-refractivity contribution < 1.29 is 4.21 Å². The van der Waals surface area contributed by atoms with Gasteiger partial charge in [-0.3, -0.25) is 4.21 Å². The predicted molar refractivity (Wildman–Crippen MR) is 64.1 cm³/mol. The summed E-state index contributed by atoms with van der Waals surface area (Å²) in [5, 5.41) is 3.12. The molecule has 0 aromatic carbocycles. The number of aryl methyl sites for hydroxylation is 1. The molecule has 5 heteroatoms. The summed E-state index contributed by atoms with van der Waals surface area (Å²) in [6.45, 7) is 2.63. The minimum Gasteiger partial charge on any atom is -0.369 e. The molecule has 1 unspecified atom stereocenters. The lowest BCUT2D eigenvalue weighted by molar-refractivity contribution is 0.687. The third-order valence-corrected chi connectivity index (χ3v) is 3.33. The van der Waals surface area contributed by atoms with Crippen LogP contribution in [0.2, 0.25) is 0 Å². The Hall–Kier alpha value is -0.420. The Balaban J connectivity index is 2.51. The molecule has 1 aromatic rings. The van der Waals surface area contributed by atoms with Crippen LogP contribution in [0.3, 0.4) is 0 Å². The number of anilines is 1. The summed E-state index contributed by atoms with van der Waals surface area (Å²) in [6, 6.07) is 3.85. The van der Waals surface area contributed by atoms with Gasteiger partial charge in [-0.1, -0.05) is 0 Å². The van der Waals surface area contributed by atoms with Gasteiger partial charge in [-0.15, -0.1) is 0 Å². The summed E-state index contributed by atoms with van der Waals surface area (Å²) in [5.41, 5.74) is 0.952. The van der Waals surface area contributed by atoms with Gasteiger partial charge in [-0.2, -0.15) is 0 Å². The number of nitrogens with zero attached hydrogens (tertiary/aromatic N) is 1. The van der Waals surface area contributed by atoms with Crippen molar-refractivity contribution in [3.63, 3.8) is 0 Å². The molecule has 0 aliphatic carbocycles. The minimum absolute atomic E-state index is 0.650. The Bertz CT molecular complexity index is 344. The van der Waals surface area contributed by atoms with E-state index in [-0.39, 0.29) is 0 Å². The van der Waals surface area contributed by atoms with E-state index in [0.717, 1.165) is 16.0 Å². The highest BCUT2D eigenvalue weighted by molar-refractivity contribution is 9.10. The zero-order valence-corrected chi connectivity index (χ0v) is 10.6. The Morgan fingerprint density at radius 1 is 1.57 bits per heavy atom. The van der Waals surface area contributed by atoms with Gasteiger partial charge in [0.2, 0.25) is 0 Å². The molecule has 3 nitrogen and oxygen atoms in total. The summed E-state index contributed by atoms with van der Waals surface area (Å²) in [5.74, 6) is 1.48. The first-order chi connectivity index (χ1) is 6.59. The highest BCUT2D eigenvalue weighted by Gasteiger charge is 1.98. The van der Waals surface area contributed by atoms with Crippen LogP contribution < -0.4 is 5.32 Å². The summed E-state index contributed by atoms with van der Waals surface area (Å²) in [6.07, 6.45) is 1.70. The van der Waals surface area contributed by atoms with Crippen molar-refractivity contribution in [2.75, 3.05) is 23.9 Å². The van der Waals surface area contributed by atoms with Gasteiger partial charge in [0, 0.05) is 33.8 Å². The van der Waals surface area contributed by atoms with Gasteiger partial charge < -0.3 is 5.32 Å². The Morgan fingerprint density at radius 2 is 2.29 bits per heavy atom. The monoisotopic (exact) mass is 276 g/mol. The minimum atomic E-state index is -0.749. The number of rotatable bonds is 4. The van der Waals surface area contributed by atoms with Crippen LogP contribution in [0, 0.1) is 6.92 Å². The fourth-order valence-electron chi connectivity index (χ4n) is 0.965. The largest absolute Gasteiger partial charge is 0.369 e. The highest BCUT2D eigenvalue weighted by atomic mass is 79.9. The molecule has 0 saturated heterocycles. The van der Waals surface area contributed by atoms with E-state index < -0.39 is 10.8 Å². The molecule has 0 aliphatic heterocycles. The topological polar surface area (TPSA) is 42.0 Å². The molecule has 78 valence electrons. The summed E-state index contributed by atoms with van der Waals surface area (Å²) >= 11 is 3.38. The van der Waals surface area contributed by atoms with Gasteiger partial charge in [-0.05, 0) is 35.0 Å². The maximum absolute atomic E-state index is 10.8. The van der Waals surface area contributed by atoms with Crippen molar-refractivity contribution in [3.8, 4) is 0 Å². The van der Waals surface area contributed by atoms with Gasteiger partial charge in [-0.25, -0.2) is 4.98 Å². The number of pyridine rings is 1. The zero-order valence-electron chi connectivity index (χ0n) is 8.21. The molecule has 0 bridgehead atoms. The second-order valence-corrected chi connectivity index (χ2v) is 5.38. The smallest absolute Gasteiger partial charge is 0.126 e. The van der Waals surface area contributed by atoms with Crippen molar-refractivity contribution in [3.05, 3.63) is 22.3 Å². The highest BCUT2D eigenvalue weighted by Crippen LogP contribution is 2.15. The van der Waals surface area contributed by atoms with Crippen molar-refractivity contribution in [2.45, 2.75) is 6.92 Å². The average molecular weight is 277 g/mol. The van der Waals surface area contributed by atoms with Crippen molar-refractivity contribution in [1.29, 1.82) is 0 Å². The van der Waals surface area contributed by atoms with E-state index in [9.17, 15) is 4.21 Å². The molecule has 14 heavy (non-hydrogen) atoms. The molecule has 0 amide bonds. The first-order valence-electron chi connectivity index (χ1n) is 4.26. The molecule has 0 radical (unpaired) electrons. The molecule has 1 rings (SSSR count). The second kappa shape index (κ2) is 5.46. The summed E-state index contributed by atoms with van der Waals surface area (Å²) < 4.78 is 11.8. The third-order valence-electron chi connectivity index (χ3n) is 1.72. The van der Waals surface area contributed by atoms with Crippen molar-refractivity contribution >= 4 is 32.5 Å². The van der Waals surface area contributed by atoms with Crippen LogP contribution in [-0.2, 0) is 10.8 Å². The van der Waals surface area contributed by atoms with E-state index in [1.165, 1.54) is 0 Å². The van der Waals surface area contributed by atoms with E-state index in [4.69, 9.17) is 0 Å². The van der Waals surface area contributed by atoms with E-state index in [1.807, 2.05) is 19.1 Å². The predicted octanol–water partition coefficient (Wildman–Crippen LogP) is 1.94. The first kappa shape index (κ1) is 11.7. The number of hydrogen-bond donors (Lipinski definition) is 1. The van der Waals surface area contributed by atoms with Gasteiger partial charge in [0.25, 0.3) is 0 Å². The number of nitrogens with one attached hydrogen (secondary N) is 1. The van der Waals surface area contributed by atoms with Gasteiger partial charge in [0.1, 0.15) is 5.82 Å². The molecular formula is C9H13BrN2OS. The lowest BCUT2D eigenvalue weighted by Crippen LogP contribution is -2.10. The zero-order chi connectivity index (χ0) is 10.6. The maximum Gasteiger partial charge on any atom is 0.126 e. The molecule has 1 N–H and O–H groups in total. The molecule has 0 saturated carbocycles. The van der Waals surface area contributed by atoms with E-state index >= 15 is 0 Å². The quantitative estimate of drug-likeness (QED) is 0.914. The molecule has 0 spiro atoms. The number of hydrogen-bond acceptors (Lipinski definition) is 3. The van der Waals surface area contributed by atoms with Gasteiger partial charge in [0.15, 0.2) is 0 Å². The SMILES string of the molecule is Cc1nc(NCCS(C)=O)ccc1Br. The summed E-state index contributed by atoms with van der Waals surface area (Å²) in [4.78, 5) is 4.31. The number of halogens is 1. The van der Waals surface area contributed by atoms with E-state index in [0.29, 0.717) is 12.3 Å². The van der Waals surface area contributed by atoms with Crippen LogP contribution in [0.1, 0.15) is 5.69 Å². The number of aromatic nitrogens is 1. The van der Waals surface area contributed by atoms with Crippen LogP contribution in [0.15, 0.2) is 16.6 Å². The maximum atomic E-state index is 10.8. The lowest BCUT2D eigenvalue weighted by Gasteiger charge is -2.05. The molecule has 1 atom stereocenters. The second-order valence-electron chi connectivity index (χ2n) is 2.97. The summed E-state index contributed by atoms with van der Waals surface area (Å²) in [7, 11) is -0.749. The van der Waals surface area contributed by atoms with Crippen molar-refractivity contribution in [2.24, 2.45) is 0 Å². The fraction of sp³-hybridized carbons (Fsp3) is 0.444. The van der Waals surface area contributed by atoms with E-state index in [1.54, 1.807) is 6.26 Å². The Morgan fingerprint density at radius 3 is 2.86 bits per heavy atom. The van der Waals surface area contributed by atoms with Crippen LogP contribution >= 0.6 is 15.9 Å². The average Bonchev–Trinajstić information content (AvgIpc) is 2.10. The standard InChI is InChI=1S/C9H13BrN2OS/c1-7-8(10)3-4-9(12-7)11-5-6-14(2)13/h3-4H,5-6H2,1-2H3,(H,11,12). The third kappa shape index (κ3) is 3.75. The Labute approximate surface area is 94.9 Å². The van der Waals surface area contributed by atoms with Gasteiger partial charge >= 0.3 is 0 Å². The molecule has 0 aliphatic rings. The van der Waals surface area contributed by atoms with Crippen molar-refractivity contribution in [1.82, 2.24) is 4.98 Å². The normalized spacial score (nSPS) is 12.5. The molecular weight excluding hydrogens is 264 g/mol. The molecule has 1 heterocycles. The van der Waals surface area contributed by atoms with Crippen LogP contribution in [0.5, 0.6) is 0 Å². The van der Waals surface area contributed by atoms with Gasteiger partial charge in [0.05, 0.1) is 5.69 Å². The lowest BCUT2D eigenvalue weighted by atomic mass is 10.4.